The van der Waals surface area contributed by atoms with Gasteiger partial charge in [-0.2, -0.15) is 0 Å². The molecule has 0 amide bonds. The predicted octanol–water partition coefficient (Wildman–Crippen LogP) is 4.72. The lowest BCUT2D eigenvalue weighted by Crippen LogP contribution is -2.40. The molecular weight excluding hydrogens is 316 g/mol. The number of methoxy groups -OCH3 is 2. The average molecular weight is 340 g/mol. The summed E-state index contributed by atoms with van der Waals surface area (Å²) in [6.07, 6.45) is 4.91. The highest BCUT2D eigenvalue weighted by Gasteiger charge is 2.50. The summed E-state index contributed by atoms with van der Waals surface area (Å²) >= 11 is 0. The van der Waals surface area contributed by atoms with E-state index in [4.69, 9.17) is 19.2 Å². The van der Waals surface area contributed by atoms with E-state index in [-0.39, 0.29) is 11.2 Å². The molecule has 2 aliphatic heterocycles. The second kappa shape index (κ2) is 6.36. The largest absolute Gasteiger partial charge is 0.497 e. The van der Waals surface area contributed by atoms with E-state index < -0.39 is 0 Å². The van der Waals surface area contributed by atoms with Crippen LogP contribution >= 0.6 is 0 Å². The Bertz CT molecular complexity index is 649. The summed E-state index contributed by atoms with van der Waals surface area (Å²) in [4.78, 5) is 12.2. The third-order valence-electron chi connectivity index (χ3n) is 5.69. The SMILES string of the molecule is COc1ccc([C@@]23CCC[C@@](c4ccc(OC)cc4)(CC2)OO3)cc1. The summed E-state index contributed by atoms with van der Waals surface area (Å²) in [7, 11) is 3.37. The molecule has 2 aromatic rings. The fraction of sp³-hybridized carbons (Fsp3) is 0.429. The Labute approximate surface area is 148 Å². The third-order valence-corrected chi connectivity index (χ3v) is 5.69. The minimum absolute atomic E-state index is 0.348. The van der Waals surface area contributed by atoms with Crippen molar-refractivity contribution < 1.29 is 19.2 Å². The molecule has 5 rings (SSSR count). The fourth-order valence-electron chi connectivity index (χ4n) is 4.10. The van der Waals surface area contributed by atoms with Crippen LogP contribution in [0, 0.1) is 0 Å². The minimum Gasteiger partial charge on any atom is -0.497 e. The van der Waals surface area contributed by atoms with Gasteiger partial charge in [-0.3, -0.25) is 0 Å². The van der Waals surface area contributed by atoms with E-state index in [9.17, 15) is 0 Å². The molecule has 1 saturated carbocycles. The summed E-state index contributed by atoms with van der Waals surface area (Å²) in [5.41, 5.74) is 1.63. The molecular formula is C21H24O4. The van der Waals surface area contributed by atoms with Crippen molar-refractivity contribution in [2.24, 2.45) is 0 Å². The maximum Gasteiger partial charge on any atom is 0.129 e. The number of ether oxygens (including phenoxy) is 2. The number of fused-ring (bicyclic) bond motifs is 4. The van der Waals surface area contributed by atoms with Crippen LogP contribution in [-0.4, -0.2) is 14.2 Å². The van der Waals surface area contributed by atoms with E-state index in [1.807, 2.05) is 24.3 Å². The summed E-state index contributed by atoms with van der Waals surface area (Å²) in [5, 5.41) is 0. The van der Waals surface area contributed by atoms with Crippen molar-refractivity contribution in [2.45, 2.75) is 43.3 Å². The minimum atomic E-state index is -0.348. The van der Waals surface area contributed by atoms with Gasteiger partial charge in [0.1, 0.15) is 22.7 Å². The van der Waals surface area contributed by atoms with E-state index in [1.165, 1.54) is 11.1 Å². The first-order valence-electron chi connectivity index (χ1n) is 8.86. The molecule has 0 spiro atoms. The maximum atomic E-state index is 6.09. The topological polar surface area (TPSA) is 36.9 Å². The summed E-state index contributed by atoms with van der Waals surface area (Å²) in [6.45, 7) is 0. The number of hydrogen-bond donors (Lipinski definition) is 0. The third kappa shape index (κ3) is 2.79. The maximum absolute atomic E-state index is 6.09. The van der Waals surface area contributed by atoms with Crippen molar-refractivity contribution in [3.63, 3.8) is 0 Å². The molecule has 0 unspecified atom stereocenters. The molecule has 1 aliphatic carbocycles. The molecule has 25 heavy (non-hydrogen) atoms. The Morgan fingerprint density at radius 3 is 1.36 bits per heavy atom. The van der Waals surface area contributed by atoms with Crippen LogP contribution in [0.2, 0.25) is 0 Å². The lowest BCUT2D eigenvalue weighted by atomic mass is 9.82. The van der Waals surface area contributed by atoms with E-state index >= 15 is 0 Å². The van der Waals surface area contributed by atoms with Gasteiger partial charge in [0.25, 0.3) is 0 Å². The predicted molar refractivity (Wildman–Crippen MR) is 94.6 cm³/mol. The Balaban J connectivity index is 1.60. The van der Waals surface area contributed by atoms with Crippen LogP contribution < -0.4 is 9.47 Å². The standard InChI is InChI=1S/C21H24O4/c1-22-18-8-4-16(5-9-18)20-12-3-13-21(15-14-20,25-24-20)17-6-10-19(23-2)11-7-17/h4-11H,3,12-15H2,1-2H3/t20-,21+. The molecule has 0 N–H and O–H groups in total. The smallest absolute Gasteiger partial charge is 0.129 e. The van der Waals surface area contributed by atoms with E-state index in [0.717, 1.165) is 43.6 Å². The zero-order valence-electron chi connectivity index (χ0n) is 14.8. The van der Waals surface area contributed by atoms with Crippen LogP contribution in [0.5, 0.6) is 11.5 Å². The molecule has 2 bridgehead atoms. The Kier molecular flexibility index (Phi) is 4.18. The molecule has 3 fully saturated rings. The van der Waals surface area contributed by atoms with Crippen molar-refractivity contribution in [1.29, 1.82) is 0 Å². The van der Waals surface area contributed by atoms with Crippen LogP contribution in [0.3, 0.4) is 0 Å². The highest BCUT2D eigenvalue weighted by molar-refractivity contribution is 5.34. The van der Waals surface area contributed by atoms with Crippen LogP contribution in [-0.2, 0) is 21.0 Å². The van der Waals surface area contributed by atoms with Crippen LogP contribution in [0.1, 0.15) is 43.2 Å². The van der Waals surface area contributed by atoms with Gasteiger partial charge >= 0.3 is 0 Å². The van der Waals surface area contributed by atoms with Gasteiger partial charge in [0.15, 0.2) is 0 Å². The lowest BCUT2D eigenvalue weighted by molar-refractivity contribution is -0.444. The molecule has 4 nitrogen and oxygen atoms in total. The summed E-state index contributed by atoms with van der Waals surface area (Å²) in [5.74, 6) is 1.72. The van der Waals surface area contributed by atoms with Gasteiger partial charge in [-0.15, -0.1) is 0 Å². The first-order valence-corrected chi connectivity index (χ1v) is 8.86. The lowest BCUT2D eigenvalue weighted by Gasteiger charge is -2.42. The summed E-state index contributed by atoms with van der Waals surface area (Å²) in [6, 6.07) is 16.3. The van der Waals surface area contributed by atoms with Crippen LogP contribution in [0.4, 0.5) is 0 Å². The molecule has 4 heteroatoms. The highest BCUT2D eigenvalue weighted by atomic mass is 17.2. The van der Waals surface area contributed by atoms with E-state index in [0.29, 0.717) is 0 Å². The molecule has 3 aliphatic rings. The van der Waals surface area contributed by atoms with Gasteiger partial charge in [0.05, 0.1) is 14.2 Å². The highest BCUT2D eigenvalue weighted by Crippen LogP contribution is 2.53. The molecule has 0 radical (unpaired) electrons. The molecule has 2 saturated heterocycles. The quantitative estimate of drug-likeness (QED) is 0.755. The average Bonchev–Trinajstić information content (AvgIpc) is 3.00. The number of hydrogen-bond acceptors (Lipinski definition) is 4. The monoisotopic (exact) mass is 340 g/mol. The Morgan fingerprint density at radius 2 is 1.04 bits per heavy atom. The summed E-state index contributed by atoms with van der Waals surface area (Å²) < 4.78 is 10.5. The second-order valence-corrected chi connectivity index (χ2v) is 6.97. The van der Waals surface area contributed by atoms with Gasteiger partial charge in [0.2, 0.25) is 0 Å². The molecule has 2 atom stereocenters. The zero-order chi connectivity index (χ0) is 17.3. The Morgan fingerprint density at radius 1 is 0.640 bits per heavy atom. The molecule has 0 aromatic heterocycles. The normalized spacial score (nSPS) is 28.4. The first-order chi connectivity index (χ1) is 12.2. The van der Waals surface area contributed by atoms with Crippen molar-refractivity contribution in [1.82, 2.24) is 0 Å². The van der Waals surface area contributed by atoms with Gasteiger partial charge in [-0.05, 0) is 67.5 Å². The van der Waals surface area contributed by atoms with Gasteiger partial charge in [-0.25, -0.2) is 9.78 Å². The van der Waals surface area contributed by atoms with E-state index in [1.54, 1.807) is 14.2 Å². The van der Waals surface area contributed by atoms with Crippen molar-refractivity contribution >= 4 is 0 Å². The number of benzene rings is 2. The zero-order valence-corrected chi connectivity index (χ0v) is 14.8. The molecule has 2 aromatic carbocycles. The van der Waals surface area contributed by atoms with Crippen molar-refractivity contribution in [2.75, 3.05) is 14.2 Å². The number of rotatable bonds is 4. The molecule has 132 valence electrons. The molecule has 2 heterocycles. The second-order valence-electron chi connectivity index (χ2n) is 6.97. The van der Waals surface area contributed by atoms with Crippen LogP contribution in [0.15, 0.2) is 48.5 Å². The van der Waals surface area contributed by atoms with Crippen molar-refractivity contribution in [3.05, 3.63) is 59.7 Å². The van der Waals surface area contributed by atoms with Gasteiger partial charge in [-0.1, -0.05) is 24.3 Å². The first kappa shape index (κ1) is 16.4. The van der Waals surface area contributed by atoms with Gasteiger partial charge in [0, 0.05) is 0 Å². The van der Waals surface area contributed by atoms with Crippen molar-refractivity contribution in [3.8, 4) is 11.5 Å². The Hall–Kier alpha value is -2.04. The van der Waals surface area contributed by atoms with Crippen LogP contribution in [0.25, 0.3) is 0 Å². The van der Waals surface area contributed by atoms with E-state index in [2.05, 4.69) is 24.3 Å². The van der Waals surface area contributed by atoms with Gasteiger partial charge < -0.3 is 9.47 Å². The fourth-order valence-corrected chi connectivity index (χ4v) is 4.10.